The Kier molecular flexibility index (Phi) is 1.94. The maximum absolute atomic E-state index is 4.46. The molecule has 1 radical (unpaired) electrons. The molecule has 0 aromatic rings. The molecule has 1 heterocycles. The van der Waals surface area contributed by atoms with Crippen LogP contribution in [0.15, 0.2) is 0 Å². The summed E-state index contributed by atoms with van der Waals surface area (Å²) in [5.74, 6) is 2.06. The van der Waals surface area contributed by atoms with Crippen LogP contribution in [0, 0.1) is 11.8 Å². The molecule has 2 fully saturated rings. The molecule has 1 nitrogen and oxygen atoms in total. The first-order valence-corrected chi connectivity index (χ1v) is 4.60. The van der Waals surface area contributed by atoms with Crippen LogP contribution in [0.5, 0.6) is 0 Å². The first-order valence-electron chi connectivity index (χ1n) is 4.60. The van der Waals surface area contributed by atoms with Gasteiger partial charge in [0.15, 0.2) is 0 Å². The molecule has 57 valence electrons. The fourth-order valence-electron chi connectivity index (χ4n) is 2.11. The molecule has 1 aliphatic heterocycles. The molecule has 0 spiro atoms. The molecule has 1 atom stereocenters. The van der Waals surface area contributed by atoms with Crippen molar-refractivity contribution in [2.75, 3.05) is 13.1 Å². The monoisotopic (exact) mass is 138 g/mol. The van der Waals surface area contributed by atoms with E-state index in [0.717, 1.165) is 18.4 Å². The van der Waals surface area contributed by atoms with Crippen molar-refractivity contribution in [2.24, 2.45) is 11.8 Å². The molecule has 0 bridgehead atoms. The molecule has 2 aliphatic rings. The van der Waals surface area contributed by atoms with Crippen LogP contribution in [-0.4, -0.2) is 13.1 Å². The lowest BCUT2D eigenvalue weighted by Gasteiger charge is -2.35. The fourth-order valence-corrected chi connectivity index (χ4v) is 2.11. The normalized spacial score (nSPS) is 35.4. The minimum absolute atomic E-state index is 0.988. The van der Waals surface area contributed by atoms with Gasteiger partial charge in [0, 0.05) is 13.1 Å². The molecule has 1 aliphatic carbocycles. The van der Waals surface area contributed by atoms with E-state index in [1.165, 1.54) is 38.6 Å². The highest BCUT2D eigenvalue weighted by Gasteiger charge is 2.28. The summed E-state index contributed by atoms with van der Waals surface area (Å²) in [6.45, 7) is 2.33. The van der Waals surface area contributed by atoms with Gasteiger partial charge >= 0.3 is 0 Å². The Balaban J connectivity index is 1.78. The summed E-state index contributed by atoms with van der Waals surface area (Å²) >= 11 is 0. The number of hydrogen-bond acceptors (Lipinski definition) is 0. The number of piperidine rings is 1. The van der Waals surface area contributed by atoms with Crippen LogP contribution in [0.25, 0.3) is 0 Å². The molecule has 2 rings (SSSR count). The SMILES string of the molecule is C1CC(C2CCC[N]C2)C1. The predicted molar refractivity (Wildman–Crippen MR) is 41.9 cm³/mol. The molecule has 0 aromatic carbocycles. The molecule has 0 N–H and O–H groups in total. The van der Waals surface area contributed by atoms with Crippen LogP contribution in [0.1, 0.15) is 32.1 Å². The third kappa shape index (κ3) is 1.20. The number of rotatable bonds is 1. The van der Waals surface area contributed by atoms with Crippen molar-refractivity contribution in [3.63, 3.8) is 0 Å². The van der Waals surface area contributed by atoms with Gasteiger partial charge in [-0.05, 0) is 24.7 Å². The van der Waals surface area contributed by atoms with Crippen molar-refractivity contribution < 1.29 is 0 Å². The second-order valence-electron chi connectivity index (χ2n) is 3.72. The molecule has 1 saturated carbocycles. The van der Waals surface area contributed by atoms with E-state index >= 15 is 0 Å². The molecule has 1 unspecified atom stereocenters. The second-order valence-corrected chi connectivity index (χ2v) is 3.72. The van der Waals surface area contributed by atoms with Crippen LogP contribution in [0.4, 0.5) is 0 Å². The minimum atomic E-state index is 0.988. The van der Waals surface area contributed by atoms with E-state index in [1.54, 1.807) is 0 Å². The van der Waals surface area contributed by atoms with Gasteiger partial charge in [-0.15, -0.1) is 0 Å². The highest BCUT2D eigenvalue weighted by atomic mass is 14.9. The Morgan fingerprint density at radius 2 is 1.70 bits per heavy atom. The second kappa shape index (κ2) is 2.91. The smallest absolute Gasteiger partial charge is 0.0164 e. The van der Waals surface area contributed by atoms with Crippen LogP contribution in [0.2, 0.25) is 0 Å². The van der Waals surface area contributed by atoms with Gasteiger partial charge in [0.25, 0.3) is 0 Å². The van der Waals surface area contributed by atoms with E-state index in [2.05, 4.69) is 5.32 Å². The van der Waals surface area contributed by atoms with Gasteiger partial charge in [-0.25, -0.2) is 5.32 Å². The van der Waals surface area contributed by atoms with E-state index in [0.29, 0.717) is 0 Å². The van der Waals surface area contributed by atoms with E-state index in [9.17, 15) is 0 Å². The zero-order valence-corrected chi connectivity index (χ0v) is 6.55. The van der Waals surface area contributed by atoms with Gasteiger partial charge in [-0.1, -0.05) is 19.3 Å². The lowest BCUT2D eigenvalue weighted by molar-refractivity contribution is 0.171. The Bertz CT molecular complexity index is 101. The van der Waals surface area contributed by atoms with Crippen molar-refractivity contribution in [3.05, 3.63) is 0 Å². The first-order chi connectivity index (χ1) is 4.97. The average molecular weight is 138 g/mol. The van der Waals surface area contributed by atoms with E-state index in [4.69, 9.17) is 0 Å². The molecule has 1 heteroatoms. The summed E-state index contributed by atoms with van der Waals surface area (Å²) in [5.41, 5.74) is 0. The summed E-state index contributed by atoms with van der Waals surface area (Å²) in [4.78, 5) is 0. The van der Waals surface area contributed by atoms with Crippen molar-refractivity contribution in [2.45, 2.75) is 32.1 Å². The lowest BCUT2D eigenvalue weighted by Crippen LogP contribution is -2.33. The number of hydrogen-bond donors (Lipinski definition) is 0. The Labute approximate surface area is 63.2 Å². The van der Waals surface area contributed by atoms with Crippen molar-refractivity contribution in [1.82, 2.24) is 5.32 Å². The summed E-state index contributed by atoms with van der Waals surface area (Å²) in [7, 11) is 0. The van der Waals surface area contributed by atoms with Crippen LogP contribution >= 0.6 is 0 Å². The largest absolute Gasteiger partial charge is 0.241 e. The van der Waals surface area contributed by atoms with E-state index in [1.807, 2.05) is 0 Å². The van der Waals surface area contributed by atoms with Crippen molar-refractivity contribution in [3.8, 4) is 0 Å². The zero-order valence-electron chi connectivity index (χ0n) is 6.55. The Morgan fingerprint density at radius 1 is 0.900 bits per heavy atom. The molecular formula is C9H16N. The maximum atomic E-state index is 4.46. The van der Waals surface area contributed by atoms with Gasteiger partial charge < -0.3 is 0 Å². The highest BCUT2D eigenvalue weighted by molar-refractivity contribution is 4.81. The van der Waals surface area contributed by atoms with Crippen LogP contribution < -0.4 is 5.32 Å². The Morgan fingerprint density at radius 3 is 2.20 bits per heavy atom. The molecule has 1 saturated heterocycles. The van der Waals surface area contributed by atoms with Gasteiger partial charge in [-0.2, -0.15) is 0 Å². The third-order valence-electron chi connectivity index (χ3n) is 3.07. The van der Waals surface area contributed by atoms with Crippen LogP contribution in [-0.2, 0) is 0 Å². The maximum Gasteiger partial charge on any atom is 0.0164 e. The molecule has 0 aromatic heterocycles. The summed E-state index contributed by atoms with van der Waals surface area (Å²) < 4.78 is 0. The van der Waals surface area contributed by atoms with E-state index in [-0.39, 0.29) is 0 Å². The fraction of sp³-hybridized carbons (Fsp3) is 1.00. The summed E-state index contributed by atoms with van der Waals surface area (Å²) in [6, 6.07) is 0. The lowest BCUT2D eigenvalue weighted by atomic mass is 9.73. The summed E-state index contributed by atoms with van der Waals surface area (Å²) in [5, 5.41) is 4.46. The van der Waals surface area contributed by atoms with Gasteiger partial charge in [0.05, 0.1) is 0 Å². The third-order valence-corrected chi connectivity index (χ3v) is 3.07. The van der Waals surface area contributed by atoms with Crippen molar-refractivity contribution >= 4 is 0 Å². The summed E-state index contributed by atoms with van der Waals surface area (Å²) in [6.07, 6.45) is 7.32. The zero-order chi connectivity index (χ0) is 6.81. The molecule has 0 amide bonds. The van der Waals surface area contributed by atoms with Gasteiger partial charge in [0.1, 0.15) is 0 Å². The first kappa shape index (κ1) is 6.66. The predicted octanol–water partition coefficient (Wildman–Crippen LogP) is 1.80. The molecular weight excluding hydrogens is 122 g/mol. The topological polar surface area (TPSA) is 14.1 Å². The molecule has 10 heavy (non-hydrogen) atoms. The highest BCUT2D eigenvalue weighted by Crippen LogP contribution is 2.36. The Hall–Kier alpha value is -0.0400. The van der Waals surface area contributed by atoms with Gasteiger partial charge in [-0.3, -0.25) is 0 Å². The van der Waals surface area contributed by atoms with E-state index < -0.39 is 0 Å². The van der Waals surface area contributed by atoms with Crippen molar-refractivity contribution in [1.29, 1.82) is 0 Å². The number of nitrogens with zero attached hydrogens (tertiary/aromatic N) is 1. The quantitative estimate of drug-likeness (QED) is 0.524. The van der Waals surface area contributed by atoms with Crippen LogP contribution in [0.3, 0.4) is 0 Å². The average Bonchev–Trinajstić information content (AvgIpc) is 1.86. The standard InChI is InChI=1S/C9H16N/c1-3-8(4-1)9-5-2-6-10-7-9/h8-9H,1-7H2. The van der Waals surface area contributed by atoms with Gasteiger partial charge in [0.2, 0.25) is 0 Å². The minimum Gasteiger partial charge on any atom is -0.241 e.